The molecule has 2 unspecified atom stereocenters. The topological polar surface area (TPSA) is 50.4 Å². The summed E-state index contributed by atoms with van der Waals surface area (Å²) < 4.78 is 38.4. The van der Waals surface area contributed by atoms with E-state index in [1.807, 2.05) is 30.3 Å². The van der Waals surface area contributed by atoms with E-state index in [2.05, 4.69) is 10.3 Å². The molecule has 3 nitrogen and oxygen atoms in total. The molecule has 1 aromatic carbocycles. The average molecular weight is 285 g/mol. The maximum absolute atomic E-state index is 12.8. The number of amidine groups is 1. The fraction of sp³-hybridized carbons (Fsp3) is 0.500. The maximum Gasteiger partial charge on any atom is 0.394 e. The Kier molecular flexibility index (Phi) is 4.65. The molecule has 0 bridgehead atoms. The summed E-state index contributed by atoms with van der Waals surface area (Å²) in [6.45, 7) is 1.13. The third kappa shape index (κ3) is 3.96. The number of hydrogen-bond donors (Lipinski definition) is 2. The fourth-order valence-corrected chi connectivity index (χ4v) is 2.40. The highest BCUT2D eigenvalue weighted by molar-refractivity contribution is 5.82. The third-order valence-corrected chi connectivity index (χ3v) is 3.43. The van der Waals surface area contributed by atoms with E-state index in [9.17, 15) is 13.2 Å². The van der Waals surface area contributed by atoms with Crippen LogP contribution in [-0.4, -0.2) is 24.6 Å². The van der Waals surface area contributed by atoms with Crippen LogP contribution in [0, 0.1) is 5.92 Å². The van der Waals surface area contributed by atoms with Crippen molar-refractivity contribution in [3.8, 4) is 0 Å². The molecule has 2 atom stereocenters. The second-order valence-corrected chi connectivity index (χ2v) is 4.99. The van der Waals surface area contributed by atoms with E-state index in [4.69, 9.17) is 5.73 Å². The van der Waals surface area contributed by atoms with Crippen molar-refractivity contribution in [1.29, 1.82) is 0 Å². The van der Waals surface area contributed by atoms with Crippen molar-refractivity contribution in [2.45, 2.75) is 31.6 Å². The molecule has 2 rings (SSSR count). The molecule has 3 N–H and O–H groups in total. The largest absolute Gasteiger partial charge is 0.394 e. The monoisotopic (exact) mass is 285 g/mol. The first-order valence-corrected chi connectivity index (χ1v) is 6.60. The molecule has 20 heavy (non-hydrogen) atoms. The van der Waals surface area contributed by atoms with E-state index in [0.717, 1.165) is 5.56 Å². The average Bonchev–Trinajstić information content (AvgIpc) is 2.77. The van der Waals surface area contributed by atoms with E-state index < -0.39 is 18.1 Å². The summed E-state index contributed by atoms with van der Waals surface area (Å²) in [6, 6.07) is 8.97. The normalized spacial score (nSPS) is 22.9. The summed E-state index contributed by atoms with van der Waals surface area (Å²) in [6.07, 6.45) is -4.06. The number of aliphatic imine (C=N–C) groups is 1. The first kappa shape index (κ1) is 14.8. The number of hydrogen-bond acceptors (Lipinski definition) is 3. The molecule has 6 heteroatoms. The van der Waals surface area contributed by atoms with Gasteiger partial charge in [0, 0.05) is 13.0 Å². The van der Waals surface area contributed by atoms with Gasteiger partial charge in [0.2, 0.25) is 0 Å². The highest BCUT2D eigenvalue weighted by atomic mass is 19.4. The van der Waals surface area contributed by atoms with Crippen molar-refractivity contribution in [2.75, 3.05) is 6.54 Å². The minimum atomic E-state index is -4.23. The van der Waals surface area contributed by atoms with Crippen molar-refractivity contribution in [3.63, 3.8) is 0 Å². The van der Waals surface area contributed by atoms with E-state index in [0.29, 0.717) is 19.5 Å². The third-order valence-electron chi connectivity index (χ3n) is 3.43. The van der Waals surface area contributed by atoms with Gasteiger partial charge in [-0.25, -0.2) is 0 Å². The lowest BCUT2D eigenvalue weighted by atomic mass is 9.96. The molecular weight excluding hydrogens is 267 g/mol. The summed E-state index contributed by atoms with van der Waals surface area (Å²) in [5, 5.41) is 3.14. The van der Waals surface area contributed by atoms with E-state index in [1.54, 1.807) is 0 Å². The highest BCUT2D eigenvalue weighted by Crippen LogP contribution is 2.37. The van der Waals surface area contributed by atoms with Gasteiger partial charge in [0.25, 0.3) is 0 Å². The van der Waals surface area contributed by atoms with Gasteiger partial charge in [-0.1, -0.05) is 30.3 Å². The van der Waals surface area contributed by atoms with Gasteiger partial charge < -0.3 is 11.1 Å². The number of nitrogens with two attached hydrogens (primary N) is 1. The van der Waals surface area contributed by atoms with Crippen LogP contribution in [0.3, 0.4) is 0 Å². The van der Waals surface area contributed by atoms with Gasteiger partial charge >= 0.3 is 6.18 Å². The van der Waals surface area contributed by atoms with Crippen molar-refractivity contribution in [1.82, 2.24) is 5.32 Å². The van der Waals surface area contributed by atoms with Crippen LogP contribution in [0.5, 0.6) is 0 Å². The zero-order valence-electron chi connectivity index (χ0n) is 11.0. The second-order valence-electron chi connectivity index (χ2n) is 4.99. The second kappa shape index (κ2) is 6.26. The van der Waals surface area contributed by atoms with Crippen molar-refractivity contribution in [2.24, 2.45) is 16.6 Å². The Morgan fingerprint density at radius 3 is 2.60 bits per heavy atom. The molecular formula is C14H18F3N3. The Balaban J connectivity index is 1.78. The van der Waals surface area contributed by atoms with E-state index >= 15 is 0 Å². The van der Waals surface area contributed by atoms with Gasteiger partial charge in [-0.05, 0) is 18.5 Å². The molecule has 0 aromatic heterocycles. The number of nitrogens with one attached hydrogen (secondary N) is 1. The minimum absolute atomic E-state index is 0.111. The Morgan fingerprint density at radius 1 is 1.25 bits per heavy atom. The van der Waals surface area contributed by atoms with Gasteiger partial charge in [0.1, 0.15) is 0 Å². The molecule has 0 fully saturated rings. The van der Waals surface area contributed by atoms with Crippen LogP contribution in [0.25, 0.3) is 0 Å². The zero-order valence-corrected chi connectivity index (χ0v) is 11.0. The quantitative estimate of drug-likeness (QED) is 0.817. The Bertz CT molecular complexity index is 456. The summed E-state index contributed by atoms with van der Waals surface area (Å²) in [7, 11) is 0. The lowest BCUT2D eigenvalue weighted by molar-refractivity contribution is -0.175. The SMILES string of the molecule is NC1=NC(CCNCc2ccccc2)C(C(F)(F)F)C1. The standard InChI is InChI=1S/C14H18F3N3/c15-14(16,17)11-8-13(18)20-12(11)6-7-19-9-10-4-2-1-3-5-10/h1-5,11-12,19H,6-9H2,(H2,18,20). The first-order chi connectivity index (χ1) is 9.47. The van der Waals surface area contributed by atoms with E-state index in [-0.39, 0.29) is 12.3 Å². The van der Waals surface area contributed by atoms with Crippen LogP contribution < -0.4 is 11.1 Å². The fourth-order valence-electron chi connectivity index (χ4n) is 2.40. The summed E-state index contributed by atoms with van der Waals surface area (Å²) in [5.74, 6) is -1.32. The molecule has 1 aliphatic rings. The summed E-state index contributed by atoms with van der Waals surface area (Å²) in [4.78, 5) is 3.92. The Hall–Kier alpha value is -1.56. The van der Waals surface area contributed by atoms with E-state index in [1.165, 1.54) is 0 Å². The summed E-state index contributed by atoms with van der Waals surface area (Å²) >= 11 is 0. The van der Waals surface area contributed by atoms with Crippen LogP contribution in [0.15, 0.2) is 35.3 Å². The van der Waals surface area contributed by atoms with Crippen LogP contribution >= 0.6 is 0 Å². The smallest absolute Gasteiger partial charge is 0.387 e. The number of halogens is 3. The molecule has 1 aliphatic heterocycles. The van der Waals surface area contributed by atoms with Crippen molar-refractivity contribution < 1.29 is 13.2 Å². The predicted octanol–water partition coefficient (Wildman–Crippen LogP) is 2.47. The summed E-state index contributed by atoms with van der Waals surface area (Å²) in [5.41, 5.74) is 6.54. The number of benzene rings is 1. The molecule has 0 spiro atoms. The maximum atomic E-state index is 12.8. The van der Waals surface area contributed by atoms with Crippen LogP contribution in [0.2, 0.25) is 0 Å². The van der Waals surface area contributed by atoms with Crippen molar-refractivity contribution in [3.05, 3.63) is 35.9 Å². The van der Waals surface area contributed by atoms with Gasteiger partial charge in [0.05, 0.1) is 17.8 Å². The minimum Gasteiger partial charge on any atom is -0.387 e. The van der Waals surface area contributed by atoms with Crippen molar-refractivity contribution >= 4 is 5.84 Å². The van der Waals surface area contributed by atoms with Gasteiger partial charge in [-0.2, -0.15) is 13.2 Å². The molecule has 0 radical (unpaired) electrons. The van der Waals surface area contributed by atoms with Gasteiger partial charge in [0.15, 0.2) is 0 Å². The molecule has 0 saturated heterocycles. The first-order valence-electron chi connectivity index (χ1n) is 6.60. The van der Waals surface area contributed by atoms with Crippen LogP contribution in [0.4, 0.5) is 13.2 Å². The molecule has 0 aliphatic carbocycles. The number of nitrogens with zero attached hydrogens (tertiary/aromatic N) is 1. The lowest BCUT2D eigenvalue weighted by Gasteiger charge is -2.20. The highest BCUT2D eigenvalue weighted by Gasteiger charge is 2.47. The Morgan fingerprint density at radius 2 is 1.95 bits per heavy atom. The van der Waals surface area contributed by atoms with Crippen LogP contribution in [-0.2, 0) is 6.54 Å². The predicted molar refractivity (Wildman–Crippen MR) is 72.3 cm³/mol. The molecule has 1 aromatic rings. The van der Waals surface area contributed by atoms with Gasteiger partial charge in [-0.15, -0.1) is 0 Å². The Labute approximate surface area is 116 Å². The molecule has 0 saturated carbocycles. The molecule has 110 valence electrons. The van der Waals surface area contributed by atoms with Gasteiger partial charge in [-0.3, -0.25) is 4.99 Å². The molecule has 0 amide bonds. The lowest BCUT2D eigenvalue weighted by Crippen LogP contribution is -2.32. The number of rotatable bonds is 5. The molecule has 1 heterocycles. The van der Waals surface area contributed by atoms with Crippen LogP contribution in [0.1, 0.15) is 18.4 Å². The zero-order chi connectivity index (χ0) is 14.6. The number of alkyl halides is 3.